The molecule has 0 amide bonds. The zero-order chi connectivity index (χ0) is 57.1. The second kappa shape index (κ2) is 68.4. The third kappa shape index (κ3) is 66.6. The molecule has 0 aliphatic rings. The van der Waals surface area contributed by atoms with E-state index in [2.05, 4.69) is 45.1 Å². The number of esters is 3. The van der Waals surface area contributed by atoms with Gasteiger partial charge < -0.3 is 14.2 Å². The Hall–Kier alpha value is -2.11. The Bertz CT molecular complexity index is 1270. The summed E-state index contributed by atoms with van der Waals surface area (Å²) >= 11 is 0. The predicted octanol–water partition coefficient (Wildman–Crippen LogP) is 24.6. The van der Waals surface area contributed by atoms with E-state index in [1.165, 1.54) is 283 Å². The molecule has 0 aromatic rings. The van der Waals surface area contributed by atoms with E-state index in [-0.39, 0.29) is 31.1 Å². The summed E-state index contributed by atoms with van der Waals surface area (Å²) in [5, 5.41) is 0. The van der Waals surface area contributed by atoms with E-state index in [1.54, 1.807) is 0 Å². The monoisotopic (exact) mass is 1110 g/mol. The van der Waals surface area contributed by atoms with E-state index >= 15 is 0 Å². The summed E-state index contributed by atoms with van der Waals surface area (Å²) in [6.07, 6.45) is 83.7. The minimum absolute atomic E-state index is 0.0693. The third-order valence-electron chi connectivity index (χ3n) is 16.4. The van der Waals surface area contributed by atoms with Crippen LogP contribution in [0.5, 0.6) is 0 Å². The molecule has 6 nitrogen and oxygen atoms in total. The lowest BCUT2D eigenvalue weighted by Crippen LogP contribution is -2.30. The zero-order valence-corrected chi connectivity index (χ0v) is 53.7. The first-order valence-electron chi connectivity index (χ1n) is 35.8. The van der Waals surface area contributed by atoms with Crippen LogP contribution in [0.25, 0.3) is 0 Å². The van der Waals surface area contributed by atoms with Gasteiger partial charge in [-0.1, -0.05) is 366 Å². The molecular formula is C73H138O6. The van der Waals surface area contributed by atoms with Crippen LogP contribution in [0.1, 0.15) is 406 Å². The highest BCUT2D eigenvalue weighted by atomic mass is 16.6. The molecule has 0 aromatic carbocycles. The number of rotatable bonds is 67. The molecule has 0 rings (SSSR count). The van der Waals surface area contributed by atoms with Crippen molar-refractivity contribution in [1.29, 1.82) is 0 Å². The van der Waals surface area contributed by atoms with Crippen molar-refractivity contribution in [3.05, 3.63) is 24.3 Å². The second-order valence-electron chi connectivity index (χ2n) is 24.5. The van der Waals surface area contributed by atoms with Crippen molar-refractivity contribution in [2.24, 2.45) is 0 Å². The third-order valence-corrected chi connectivity index (χ3v) is 16.4. The van der Waals surface area contributed by atoms with Crippen LogP contribution in [0.2, 0.25) is 0 Å². The Morgan fingerprint density at radius 2 is 0.481 bits per heavy atom. The van der Waals surface area contributed by atoms with Crippen molar-refractivity contribution in [2.45, 2.75) is 412 Å². The quantitative estimate of drug-likeness (QED) is 0.0261. The van der Waals surface area contributed by atoms with Crippen LogP contribution in [0.15, 0.2) is 24.3 Å². The van der Waals surface area contributed by atoms with Crippen LogP contribution >= 0.6 is 0 Å². The van der Waals surface area contributed by atoms with Crippen LogP contribution in [0, 0.1) is 0 Å². The molecule has 0 saturated carbocycles. The molecule has 0 spiro atoms. The topological polar surface area (TPSA) is 78.9 Å². The number of unbranched alkanes of at least 4 members (excludes halogenated alkanes) is 52. The van der Waals surface area contributed by atoms with Crippen LogP contribution in [0.3, 0.4) is 0 Å². The molecular weight excluding hydrogens is 973 g/mol. The fourth-order valence-corrected chi connectivity index (χ4v) is 11.1. The molecule has 0 N–H and O–H groups in total. The molecule has 0 fully saturated rings. The number of hydrogen-bond donors (Lipinski definition) is 0. The van der Waals surface area contributed by atoms with Crippen molar-refractivity contribution in [1.82, 2.24) is 0 Å². The average Bonchev–Trinajstić information content (AvgIpc) is 3.45. The van der Waals surface area contributed by atoms with E-state index in [0.29, 0.717) is 19.3 Å². The van der Waals surface area contributed by atoms with Gasteiger partial charge in [-0.2, -0.15) is 0 Å². The summed E-state index contributed by atoms with van der Waals surface area (Å²) < 4.78 is 17.0. The minimum atomic E-state index is -0.774. The summed E-state index contributed by atoms with van der Waals surface area (Å²) in [7, 11) is 0. The van der Waals surface area contributed by atoms with Gasteiger partial charge in [-0.3, -0.25) is 14.4 Å². The molecule has 1 unspecified atom stereocenters. The van der Waals surface area contributed by atoms with Gasteiger partial charge in [-0.25, -0.2) is 0 Å². The fraction of sp³-hybridized carbons (Fsp3) is 0.904. The maximum atomic E-state index is 12.9. The van der Waals surface area contributed by atoms with E-state index < -0.39 is 6.10 Å². The van der Waals surface area contributed by atoms with Gasteiger partial charge >= 0.3 is 17.9 Å². The maximum absolute atomic E-state index is 12.9. The molecule has 0 heterocycles. The van der Waals surface area contributed by atoms with Gasteiger partial charge in [0.2, 0.25) is 0 Å². The average molecular weight is 1110 g/mol. The Morgan fingerprint density at radius 1 is 0.253 bits per heavy atom. The van der Waals surface area contributed by atoms with E-state index in [1.807, 2.05) is 0 Å². The zero-order valence-electron chi connectivity index (χ0n) is 53.7. The Labute approximate surface area is 493 Å². The molecule has 6 heteroatoms. The summed E-state index contributed by atoms with van der Waals surface area (Å²) in [6.45, 7) is 6.65. The first kappa shape index (κ1) is 76.9. The number of ether oxygens (including phenoxy) is 3. The number of hydrogen-bond acceptors (Lipinski definition) is 6. The van der Waals surface area contributed by atoms with Crippen molar-refractivity contribution in [3.8, 4) is 0 Å². The van der Waals surface area contributed by atoms with Crippen molar-refractivity contribution >= 4 is 17.9 Å². The molecule has 0 aromatic heterocycles. The molecule has 0 bridgehead atoms. The van der Waals surface area contributed by atoms with Crippen LogP contribution < -0.4 is 0 Å². The number of allylic oxidation sites excluding steroid dienone is 4. The molecule has 0 radical (unpaired) electrons. The second-order valence-corrected chi connectivity index (χ2v) is 24.5. The van der Waals surface area contributed by atoms with Gasteiger partial charge in [0.15, 0.2) is 6.10 Å². The fourth-order valence-electron chi connectivity index (χ4n) is 11.1. The van der Waals surface area contributed by atoms with Crippen molar-refractivity contribution in [3.63, 3.8) is 0 Å². The number of carbonyl (C=O) groups excluding carboxylic acids is 3. The van der Waals surface area contributed by atoms with E-state index in [9.17, 15) is 14.4 Å². The van der Waals surface area contributed by atoms with Crippen LogP contribution in [-0.4, -0.2) is 37.2 Å². The van der Waals surface area contributed by atoms with Gasteiger partial charge in [0.1, 0.15) is 13.2 Å². The predicted molar refractivity (Wildman–Crippen MR) is 344 cm³/mol. The maximum Gasteiger partial charge on any atom is 0.306 e. The van der Waals surface area contributed by atoms with Gasteiger partial charge in [0.05, 0.1) is 0 Å². The first-order valence-corrected chi connectivity index (χ1v) is 35.8. The molecule has 1 atom stereocenters. The molecule has 466 valence electrons. The lowest BCUT2D eigenvalue weighted by Gasteiger charge is -2.18. The summed E-state index contributed by atoms with van der Waals surface area (Å²) in [4.78, 5) is 38.4. The summed E-state index contributed by atoms with van der Waals surface area (Å²) in [5.74, 6) is -0.852. The van der Waals surface area contributed by atoms with Gasteiger partial charge in [-0.05, 0) is 44.9 Å². The van der Waals surface area contributed by atoms with Gasteiger partial charge in [0, 0.05) is 19.3 Å². The van der Waals surface area contributed by atoms with Gasteiger partial charge in [-0.15, -0.1) is 0 Å². The highest BCUT2D eigenvalue weighted by Crippen LogP contribution is 2.19. The lowest BCUT2D eigenvalue weighted by atomic mass is 10.0. The van der Waals surface area contributed by atoms with Crippen molar-refractivity contribution in [2.75, 3.05) is 13.2 Å². The Morgan fingerprint density at radius 3 is 0.747 bits per heavy atom. The normalized spacial score (nSPS) is 12.1. The van der Waals surface area contributed by atoms with Crippen LogP contribution in [0.4, 0.5) is 0 Å². The van der Waals surface area contributed by atoms with E-state index in [0.717, 1.165) is 83.5 Å². The summed E-state index contributed by atoms with van der Waals surface area (Å²) in [6, 6.07) is 0. The highest BCUT2D eigenvalue weighted by molar-refractivity contribution is 5.71. The molecule has 0 aliphatic heterocycles. The largest absolute Gasteiger partial charge is 0.462 e. The van der Waals surface area contributed by atoms with Crippen molar-refractivity contribution < 1.29 is 28.6 Å². The highest BCUT2D eigenvalue weighted by Gasteiger charge is 2.19. The van der Waals surface area contributed by atoms with Gasteiger partial charge in [0.25, 0.3) is 0 Å². The minimum Gasteiger partial charge on any atom is -0.462 e. The Kier molecular flexibility index (Phi) is 66.6. The number of carbonyl (C=O) groups is 3. The Balaban J connectivity index is 4.17. The van der Waals surface area contributed by atoms with E-state index in [4.69, 9.17) is 14.2 Å². The lowest BCUT2D eigenvalue weighted by molar-refractivity contribution is -0.167. The summed E-state index contributed by atoms with van der Waals surface area (Å²) in [5.41, 5.74) is 0. The molecule has 0 saturated heterocycles. The SMILES string of the molecule is CCC/C=C\C/C=C\CCCCCCCC(=O)OCC(COC(=O)CCCCCCCCCCCCCCCCCCCCCCCCCCCCCC)OC(=O)CCCCCCCCCCCCCCCCCCCCCC. The molecule has 0 aliphatic carbocycles. The smallest absolute Gasteiger partial charge is 0.306 e. The standard InChI is InChI=1S/C73H138O6/c1-4-7-10-13-16-19-22-25-27-29-31-33-34-35-36-37-38-39-40-42-43-45-48-51-54-57-60-63-66-72(75)78-69-70(68-77-71(74)65-62-59-56-53-50-47-24-21-18-15-12-9-6-3)79-73(76)67-64-61-58-55-52-49-46-44-41-32-30-28-26-23-20-17-14-11-8-5-2/h12,15,21,24,70H,4-11,13-14,16-20,22-23,25-69H2,1-3H3/b15-12-,24-21-. The first-order chi connectivity index (χ1) is 39.0. The van der Waals surface area contributed by atoms with Crippen LogP contribution in [-0.2, 0) is 28.6 Å². The molecule has 79 heavy (non-hydrogen) atoms.